The standard InChI is InChI=1S/C15H22N2O3/c1-17(2)15(18)20-14-10-16-9-8-13(14)11-4-6-12(19-3)7-5-11/h4-7,13-14,16H,8-10H2,1-3H3/t13-,14+/m0/s1. The topological polar surface area (TPSA) is 50.8 Å². The smallest absolute Gasteiger partial charge is 0.409 e. The monoisotopic (exact) mass is 278 g/mol. The van der Waals surface area contributed by atoms with Crippen LogP contribution in [0.15, 0.2) is 24.3 Å². The SMILES string of the molecule is COc1ccc([C@@H]2CCNC[C@H]2OC(=O)N(C)C)cc1. The molecule has 0 aliphatic carbocycles. The van der Waals surface area contributed by atoms with Gasteiger partial charge in [-0.15, -0.1) is 0 Å². The van der Waals surface area contributed by atoms with E-state index in [1.165, 1.54) is 10.5 Å². The summed E-state index contributed by atoms with van der Waals surface area (Å²) in [5.74, 6) is 1.07. The molecule has 2 rings (SSSR count). The van der Waals surface area contributed by atoms with Gasteiger partial charge in [-0.05, 0) is 30.7 Å². The van der Waals surface area contributed by atoms with Crippen molar-refractivity contribution in [1.82, 2.24) is 10.2 Å². The molecule has 20 heavy (non-hydrogen) atoms. The largest absolute Gasteiger partial charge is 0.497 e. The van der Waals surface area contributed by atoms with Gasteiger partial charge in [-0.1, -0.05) is 12.1 Å². The lowest BCUT2D eigenvalue weighted by Gasteiger charge is -2.32. The third-order valence-corrected chi connectivity index (χ3v) is 3.59. The maximum Gasteiger partial charge on any atom is 0.409 e. The summed E-state index contributed by atoms with van der Waals surface area (Å²) in [6.07, 6.45) is 0.529. The van der Waals surface area contributed by atoms with Crippen LogP contribution >= 0.6 is 0 Å². The number of hydrogen-bond acceptors (Lipinski definition) is 4. The lowest BCUT2D eigenvalue weighted by atomic mass is 9.88. The van der Waals surface area contributed by atoms with Crippen molar-refractivity contribution in [2.75, 3.05) is 34.3 Å². The van der Waals surface area contributed by atoms with Crippen molar-refractivity contribution in [2.45, 2.75) is 18.4 Å². The fraction of sp³-hybridized carbons (Fsp3) is 0.533. The Bertz CT molecular complexity index is 445. The number of carbonyl (C=O) groups is 1. The normalized spacial score (nSPS) is 22.1. The molecule has 2 atom stereocenters. The molecule has 5 nitrogen and oxygen atoms in total. The van der Waals surface area contributed by atoms with Crippen LogP contribution in [0.4, 0.5) is 4.79 Å². The van der Waals surface area contributed by atoms with E-state index in [4.69, 9.17) is 9.47 Å². The van der Waals surface area contributed by atoms with E-state index in [2.05, 4.69) is 5.32 Å². The number of methoxy groups -OCH3 is 1. The molecule has 1 aromatic carbocycles. The second-order valence-corrected chi connectivity index (χ2v) is 5.19. The van der Waals surface area contributed by atoms with Gasteiger partial charge >= 0.3 is 6.09 Å². The van der Waals surface area contributed by atoms with Crippen LogP contribution < -0.4 is 10.1 Å². The Morgan fingerprint density at radius 3 is 2.60 bits per heavy atom. The third-order valence-electron chi connectivity index (χ3n) is 3.59. The molecule has 1 aliphatic rings. The highest BCUT2D eigenvalue weighted by molar-refractivity contribution is 5.67. The first kappa shape index (κ1) is 14.7. The second kappa shape index (κ2) is 6.61. The van der Waals surface area contributed by atoms with Crippen molar-refractivity contribution in [2.24, 2.45) is 0 Å². The molecule has 1 fully saturated rings. The van der Waals surface area contributed by atoms with Crippen LogP contribution in [0.25, 0.3) is 0 Å². The molecule has 0 spiro atoms. The van der Waals surface area contributed by atoms with Crippen molar-refractivity contribution in [3.05, 3.63) is 29.8 Å². The maximum absolute atomic E-state index is 11.7. The van der Waals surface area contributed by atoms with Gasteiger partial charge in [0.25, 0.3) is 0 Å². The summed E-state index contributed by atoms with van der Waals surface area (Å²) < 4.78 is 10.7. The highest BCUT2D eigenvalue weighted by Gasteiger charge is 2.30. The molecule has 1 N–H and O–H groups in total. The first-order valence-electron chi connectivity index (χ1n) is 6.84. The fourth-order valence-corrected chi connectivity index (χ4v) is 2.42. The quantitative estimate of drug-likeness (QED) is 0.916. The predicted octanol–water partition coefficient (Wildman–Crippen LogP) is 1.84. The van der Waals surface area contributed by atoms with Crippen LogP contribution in [0.2, 0.25) is 0 Å². The minimum absolute atomic E-state index is 0.132. The summed E-state index contributed by atoms with van der Waals surface area (Å²) in [4.78, 5) is 13.2. The zero-order valence-electron chi connectivity index (χ0n) is 12.3. The number of hydrogen-bond donors (Lipinski definition) is 1. The van der Waals surface area contributed by atoms with E-state index in [1.54, 1.807) is 21.2 Å². The fourth-order valence-electron chi connectivity index (χ4n) is 2.42. The molecule has 5 heteroatoms. The van der Waals surface area contributed by atoms with Crippen molar-refractivity contribution in [1.29, 1.82) is 0 Å². The number of nitrogens with zero attached hydrogens (tertiary/aromatic N) is 1. The summed E-state index contributed by atoms with van der Waals surface area (Å²) in [6, 6.07) is 7.99. The van der Waals surface area contributed by atoms with Crippen molar-refractivity contribution in [3.8, 4) is 5.75 Å². The zero-order valence-corrected chi connectivity index (χ0v) is 12.3. The number of benzene rings is 1. The van der Waals surface area contributed by atoms with Gasteiger partial charge in [-0.2, -0.15) is 0 Å². The van der Waals surface area contributed by atoms with Crippen LogP contribution in [0.1, 0.15) is 17.9 Å². The molecule has 0 bridgehead atoms. The average Bonchev–Trinajstić information content (AvgIpc) is 2.48. The van der Waals surface area contributed by atoms with Crippen molar-refractivity contribution in [3.63, 3.8) is 0 Å². The maximum atomic E-state index is 11.7. The van der Waals surface area contributed by atoms with Crippen LogP contribution in [-0.2, 0) is 4.74 Å². The van der Waals surface area contributed by atoms with Gasteiger partial charge in [-0.25, -0.2) is 4.79 Å². The molecular formula is C15H22N2O3. The molecule has 1 amide bonds. The number of amides is 1. The van der Waals surface area contributed by atoms with Gasteiger partial charge in [-0.3, -0.25) is 0 Å². The summed E-state index contributed by atoms with van der Waals surface area (Å²) in [6.45, 7) is 1.63. The van der Waals surface area contributed by atoms with Gasteiger partial charge in [0, 0.05) is 26.6 Å². The van der Waals surface area contributed by atoms with E-state index in [0.717, 1.165) is 18.7 Å². The molecule has 0 radical (unpaired) electrons. The molecule has 1 aromatic rings. The number of nitrogens with one attached hydrogen (secondary N) is 1. The Morgan fingerprint density at radius 2 is 2.00 bits per heavy atom. The summed E-state index contributed by atoms with van der Waals surface area (Å²) >= 11 is 0. The van der Waals surface area contributed by atoms with Crippen LogP contribution in [-0.4, -0.2) is 51.4 Å². The average molecular weight is 278 g/mol. The molecular weight excluding hydrogens is 256 g/mol. The second-order valence-electron chi connectivity index (χ2n) is 5.19. The van der Waals surface area contributed by atoms with E-state index >= 15 is 0 Å². The Balaban J connectivity index is 2.11. The summed E-state index contributed by atoms with van der Waals surface area (Å²) in [7, 11) is 5.04. The molecule has 1 saturated heterocycles. The minimum atomic E-state index is -0.294. The number of piperidine rings is 1. The van der Waals surface area contributed by atoms with Crippen LogP contribution in [0.3, 0.4) is 0 Å². The zero-order chi connectivity index (χ0) is 14.5. The van der Waals surface area contributed by atoms with E-state index in [-0.39, 0.29) is 18.1 Å². The lowest BCUT2D eigenvalue weighted by Crippen LogP contribution is -2.43. The molecule has 0 unspecified atom stereocenters. The van der Waals surface area contributed by atoms with Gasteiger partial charge < -0.3 is 19.7 Å². The van der Waals surface area contributed by atoms with Crippen LogP contribution in [0.5, 0.6) is 5.75 Å². The van der Waals surface area contributed by atoms with E-state index < -0.39 is 0 Å². The predicted molar refractivity (Wildman–Crippen MR) is 77.2 cm³/mol. The minimum Gasteiger partial charge on any atom is -0.497 e. The highest BCUT2D eigenvalue weighted by Crippen LogP contribution is 2.29. The number of rotatable bonds is 3. The summed E-state index contributed by atoms with van der Waals surface area (Å²) in [5, 5.41) is 3.28. The Morgan fingerprint density at radius 1 is 1.30 bits per heavy atom. The van der Waals surface area contributed by atoms with E-state index in [1.807, 2.05) is 24.3 Å². The van der Waals surface area contributed by atoms with Crippen molar-refractivity contribution < 1.29 is 14.3 Å². The first-order chi connectivity index (χ1) is 9.61. The number of ether oxygens (including phenoxy) is 2. The molecule has 0 saturated carbocycles. The summed E-state index contributed by atoms with van der Waals surface area (Å²) in [5.41, 5.74) is 1.18. The highest BCUT2D eigenvalue weighted by atomic mass is 16.6. The van der Waals surface area contributed by atoms with Gasteiger partial charge in [0.05, 0.1) is 7.11 Å². The Kier molecular flexibility index (Phi) is 4.84. The lowest BCUT2D eigenvalue weighted by molar-refractivity contribution is 0.0504. The van der Waals surface area contributed by atoms with Gasteiger partial charge in [0.15, 0.2) is 0 Å². The molecule has 1 aliphatic heterocycles. The van der Waals surface area contributed by atoms with Crippen molar-refractivity contribution >= 4 is 6.09 Å². The Hall–Kier alpha value is -1.75. The first-order valence-corrected chi connectivity index (χ1v) is 6.84. The van der Waals surface area contributed by atoms with Crippen LogP contribution in [0, 0.1) is 0 Å². The number of carbonyl (C=O) groups excluding carboxylic acids is 1. The van der Waals surface area contributed by atoms with E-state index in [0.29, 0.717) is 6.54 Å². The van der Waals surface area contributed by atoms with Gasteiger partial charge in [0.2, 0.25) is 0 Å². The van der Waals surface area contributed by atoms with Gasteiger partial charge in [0.1, 0.15) is 11.9 Å². The van der Waals surface area contributed by atoms with E-state index in [9.17, 15) is 4.79 Å². The third kappa shape index (κ3) is 3.42. The molecule has 110 valence electrons. The Labute approximate surface area is 119 Å². The molecule has 1 heterocycles. The molecule has 0 aromatic heterocycles.